The summed E-state index contributed by atoms with van der Waals surface area (Å²) in [5, 5.41) is 2.93. The molecule has 0 aromatic carbocycles. The van der Waals surface area contributed by atoms with Crippen LogP contribution in [0, 0.1) is 5.92 Å². The number of furan rings is 1. The van der Waals surface area contributed by atoms with E-state index >= 15 is 0 Å². The minimum absolute atomic E-state index is 0.0471. The fourth-order valence-electron chi connectivity index (χ4n) is 3.38. The van der Waals surface area contributed by atoms with Gasteiger partial charge in [0.2, 0.25) is 5.91 Å². The van der Waals surface area contributed by atoms with Gasteiger partial charge in [-0.3, -0.25) is 14.4 Å². The van der Waals surface area contributed by atoms with Crippen molar-refractivity contribution in [2.24, 2.45) is 5.92 Å². The lowest BCUT2D eigenvalue weighted by Gasteiger charge is -2.32. The molecule has 1 atom stereocenters. The van der Waals surface area contributed by atoms with Crippen LogP contribution in [0.4, 0.5) is 0 Å². The predicted molar refractivity (Wildman–Crippen MR) is 101 cm³/mol. The Morgan fingerprint density at radius 1 is 1.33 bits per heavy atom. The molecule has 27 heavy (non-hydrogen) atoms. The van der Waals surface area contributed by atoms with E-state index in [9.17, 15) is 14.4 Å². The normalized spacial score (nSPS) is 16.9. The van der Waals surface area contributed by atoms with Gasteiger partial charge in [-0.1, -0.05) is 6.92 Å². The van der Waals surface area contributed by atoms with Gasteiger partial charge in [-0.15, -0.1) is 0 Å². The highest BCUT2D eigenvalue weighted by Gasteiger charge is 2.26. The Balaban J connectivity index is 1.64. The van der Waals surface area contributed by atoms with E-state index in [0.29, 0.717) is 37.5 Å². The van der Waals surface area contributed by atoms with Gasteiger partial charge in [0.1, 0.15) is 11.3 Å². The van der Waals surface area contributed by atoms with Crippen LogP contribution in [0.5, 0.6) is 0 Å². The molecule has 0 spiro atoms. The van der Waals surface area contributed by atoms with Gasteiger partial charge in [-0.05, 0) is 49.4 Å². The van der Waals surface area contributed by atoms with Crippen LogP contribution in [0.2, 0.25) is 0 Å². The van der Waals surface area contributed by atoms with Crippen LogP contribution in [0.15, 0.2) is 39.7 Å². The van der Waals surface area contributed by atoms with Crippen molar-refractivity contribution in [1.82, 2.24) is 15.2 Å². The fraction of sp³-hybridized carbons (Fsp3) is 0.450. The molecule has 2 aromatic heterocycles. The molecule has 3 rings (SSSR count). The molecule has 7 nitrogen and oxygen atoms in total. The zero-order valence-electron chi connectivity index (χ0n) is 15.5. The number of aromatic nitrogens is 1. The smallest absolute Gasteiger partial charge is 0.261 e. The number of nitrogens with zero attached hydrogens (tertiary/aromatic N) is 1. The second-order valence-corrected chi connectivity index (χ2v) is 6.91. The number of carbonyl (C=O) groups is 2. The molecule has 3 heterocycles. The summed E-state index contributed by atoms with van der Waals surface area (Å²) >= 11 is 0. The Hall–Kier alpha value is -2.83. The first-order chi connectivity index (χ1) is 13.1. The highest BCUT2D eigenvalue weighted by molar-refractivity contribution is 5.94. The summed E-state index contributed by atoms with van der Waals surface area (Å²) in [6.07, 6.45) is 4.69. The third kappa shape index (κ3) is 4.67. The Morgan fingerprint density at radius 3 is 2.89 bits per heavy atom. The number of likely N-dealkylation sites (tertiary alicyclic amines) is 1. The third-order valence-electron chi connectivity index (χ3n) is 4.80. The maximum Gasteiger partial charge on any atom is 0.261 e. The number of amides is 2. The number of hydrogen-bond acceptors (Lipinski definition) is 4. The molecule has 2 N–H and O–H groups in total. The van der Waals surface area contributed by atoms with E-state index in [1.54, 1.807) is 29.2 Å². The van der Waals surface area contributed by atoms with Crippen LogP contribution in [-0.2, 0) is 4.79 Å². The summed E-state index contributed by atoms with van der Waals surface area (Å²) in [5.41, 5.74) is 0.241. The number of H-pyrrole nitrogens is 1. The van der Waals surface area contributed by atoms with Gasteiger partial charge in [0.25, 0.3) is 11.5 Å². The lowest BCUT2D eigenvalue weighted by atomic mass is 9.97. The van der Waals surface area contributed by atoms with Gasteiger partial charge in [-0.2, -0.15) is 0 Å². The number of rotatable bonds is 6. The van der Waals surface area contributed by atoms with Gasteiger partial charge < -0.3 is 19.6 Å². The first kappa shape index (κ1) is 18.9. The molecular weight excluding hydrogens is 346 g/mol. The van der Waals surface area contributed by atoms with Gasteiger partial charge in [0, 0.05) is 26.1 Å². The molecule has 1 saturated heterocycles. The third-order valence-corrected chi connectivity index (χ3v) is 4.80. The molecule has 1 fully saturated rings. The van der Waals surface area contributed by atoms with Crippen molar-refractivity contribution in [3.8, 4) is 11.5 Å². The molecular formula is C20H25N3O4. The van der Waals surface area contributed by atoms with E-state index < -0.39 is 5.56 Å². The number of hydrogen-bond donors (Lipinski definition) is 2. The van der Waals surface area contributed by atoms with Crippen molar-refractivity contribution < 1.29 is 14.0 Å². The highest BCUT2D eigenvalue weighted by atomic mass is 16.3. The van der Waals surface area contributed by atoms with E-state index in [2.05, 4.69) is 10.3 Å². The fourth-order valence-corrected chi connectivity index (χ4v) is 3.38. The molecule has 1 aliphatic heterocycles. The first-order valence-electron chi connectivity index (χ1n) is 9.41. The second kappa shape index (κ2) is 8.70. The van der Waals surface area contributed by atoms with Crippen molar-refractivity contribution in [2.45, 2.75) is 32.6 Å². The molecule has 1 unspecified atom stereocenters. The van der Waals surface area contributed by atoms with E-state index in [-0.39, 0.29) is 23.3 Å². The van der Waals surface area contributed by atoms with Crippen molar-refractivity contribution in [3.63, 3.8) is 0 Å². The summed E-state index contributed by atoms with van der Waals surface area (Å²) in [7, 11) is 0. The number of piperidine rings is 1. The Bertz CT molecular complexity index is 841. The lowest BCUT2D eigenvalue weighted by Crippen LogP contribution is -2.44. The average molecular weight is 371 g/mol. The molecule has 0 radical (unpaired) electrons. The summed E-state index contributed by atoms with van der Waals surface area (Å²) in [4.78, 5) is 41.3. The second-order valence-electron chi connectivity index (χ2n) is 6.91. The molecule has 0 aliphatic carbocycles. The largest absolute Gasteiger partial charge is 0.463 e. The summed E-state index contributed by atoms with van der Waals surface area (Å²) in [6.45, 7) is 3.70. The first-order valence-corrected chi connectivity index (χ1v) is 9.41. The minimum atomic E-state index is -0.424. The maximum atomic E-state index is 12.8. The summed E-state index contributed by atoms with van der Waals surface area (Å²) in [6, 6.07) is 6.71. The summed E-state index contributed by atoms with van der Waals surface area (Å²) < 4.78 is 5.27. The standard InChI is InChI=1S/C20H25N3O4/c1-2-5-18(24)21-12-14-6-3-10-23(13-14)20(26)15-8-9-16(22-19(15)25)17-7-4-11-27-17/h4,7-9,11,14H,2-3,5-6,10,12-13H2,1H3,(H,21,24)(H,22,25). The SMILES string of the molecule is CCCC(=O)NCC1CCCN(C(=O)c2ccc(-c3ccco3)[nH]c2=O)C1. The van der Waals surface area contributed by atoms with Crippen LogP contribution in [0.3, 0.4) is 0 Å². The Labute approximate surface area is 157 Å². The molecule has 0 saturated carbocycles. The topological polar surface area (TPSA) is 95.4 Å². The average Bonchev–Trinajstić information content (AvgIpc) is 3.21. The van der Waals surface area contributed by atoms with Gasteiger partial charge in [-0.25, -0.2) is 0 Å². The van der Waals surface area contributed by atoms with Crippen LogP contribution in [0.1, 0.15) is 43.0 Å². The van der Waals surface area contributed by atoms with Gasteiger partial charge >= 0.3 is 0 Å². The number of pyridine rings is 1. The molecule has 0 bridgehead atoms. The van der Waals surface area contributed by atoms with Crippen LogP contribution in [0.25, 0.3) is 11.5 Å². The molecule has 2 amide bonds. The van der Waals surface area contributed by atoms with Crippen LogP contribution < -0.4 is 10.9 Å². The highest BCUT2D eigenvalue weighted by Crippen LogP contribution is 2.19. The van der Waals surface area contributed by atoms with Gasteiger partial charge in [0.15, 0.2) is 0 Å². The minimum Gasteiger partial charge on any atom is -0.463 e. The van der Waals surface area contributed by atoms with E-state index in [1.807, 2.05) is 6.92 Å². The van der Waals surface area contributed by atoms with Crippen molar-refractivity contribution in [2.75, 3.05) is 19.6 Å². The van der Waals surface area contributed by atoms with Crippen LogP contribution in [-0.4, -0.2) is 41.3 Å². The summed E-state index contributed by atoms with van der Waals surface area (Å²) in [5.74, 6) is 0.537. The maximum absolute atomic E-state index is 12.8. The quantitative estimate of drug-likeness (QED) is 0.815. The molecule has 1 aliphatic rings. The zero-order chi connectivity index (χ0) is 19.2. The Morgan fingerprint density at radius 2 is 2.19 bits per heavy atom. The zero-order valence-corrected chi connectivity index (χ0v) is 15.5. The van der Waals surface area contributed by atoms with E-state index in [4.69, 9.17) is 4.42 Å². The van der Waals surface area contributed by atoms with Crippen molar-refractivity contribution in [3.05, 3.63) is 46.4 Å². The lowest BCUT2D eigenvalue weighted by molar-refractivity contribution is -0.121. The number of aromatic amines is 1. The van der Waals surface area contributed by atoms with E-state index in [1.165, 1.54) is 6.26 Å². The number of nitrogens with one attached hydrogen (secondary N) is 2. The van der Waals surface area contributed by atoms with Crippen LogP contribution >= 0.6 is 0 Å². The molecule has 2 aromatic rings. The molecule has 144 valence electrons. The molecule has 7 heteroatoms. The van der Waals surface area contributed by atoms with Crippen molar-refractivity contribution >= 4 is 11.8 Å². The predicted octanol–water partition coefficient (Wildman–Crippen LogP) is 2.40. The van der Waals surface area contributed by atoms with Crippen molar-refractivity contribution in [1.29, 1.82) is 0 Å². The number of carbonyl (C=O) groups excluding carboxylic acids is 2. The Kier molecular flexibility index (Phi) is 6.11. The van der Waals surface area contributed by atoms with Gasteiger partial charge in [0.05, 0.1) is 12.0 Å². The van der Waals surface area contributed by atoms with E-state index in [0.717, 1.165) is 19.3 Å². The monoisotopic (exact) mass is 371 g/mol.